The topological polar surface area (TPSA) is 45.7 Å². The fraction of sp³-hybridized carbons (Fsp3) is 0.545. The van der Waals surface area contributed by atoms with Crippen LogP contribution in [-0.4, -0.2) is 41.4 Å². The van der Waals surface area contributed by atoms with E-state index in [0.29, 0.717) is 5.91 Å². The minimum atomic E-state index is -0.140. The van der Waals surface area contributed by atoms with Crippen molar-refractivity contribution >= 4 is 23.1 Å². The maximum absolute atomic E-state index is 13.1. The highest BCUT2D eigenvalue weighted by Gasteiger charge is 2.48. The van der Waals surface area contributed by atoms with Gasteiger partial charge in [-0.05, 0) is 79.5 Å². The van der Waals surface area contributed by atoms with Gasteiger partial charge in [0.05, 0.1) is 30.5 Å². The minimum absolute atomic E-state index is 0.140. The van der Waals surface area contributed by atoms with E-state index < -0.39 is 0 Å². The lowest BCUT2D eigenvalue weighted by molar-refractivity contribution is -0.128. The number of carbonyl (C=O) groups is 1. The van der Waals surface area contributed by atoms with Crippen LogP contribution >= 0.6 is 11.5 Å². The molecule has 5 nitrogen and oxygen atoms in total. The second-order valence-electron chi connectivity index (χ2n) is 8.44. The molecule has 148 valence electrons. The van der Waals surface area contributed by atoms with Crippen molar-refractivity contribution in [2.75, 3.05) is 31.1 Å². The number of anilines is 1. The van der Waals surface area contributed by atoms with Crippen LogP contribution in [0.25, 0.3) is 0 Å². The average Bonchev–Trinajstić information content (AvgIpc) is 3.45. The molecule has 2 fully saturated rings. The van der Waals surface area contributed by atoms with E-state index in [9.17, 15) is 4.79 Å². The Morgan fingerprint density at radius 2 is 2.00 bits per heavy atom. The lowest BCUT2D eigenvalue weighted by Gasteiger charge is -2.38. The van der Waals surface area contributed by atoms with Gasteiger partial charge < -0.3 is 14.5 Å². The quantitative estimate of drug-likeness (QED) is 0.792. The number of fused-ring (bicyclic) bond motifs is 1. The van der Waals surface area contributed by atoms with E-state index in [0.717, 1.165) is 70.8 Å². The molecule has 1 aromatic carbocycles. The Bertz CT molecular complexity index is 872. The smallest absolute Gasteiger partial charge is 0.233 e. The predicted molar refractivity (Wildman–Crippen MR) is 111 cm³/mol. The van der Waals surface area contributed by atoms with E-state index in [1.165, 1.54) is 33.8 Å². The van der Waals surface area contributed by atoms with Crippen molar-refractivity contribution < 1.29 is 9.53 Å². The van der Waals surface area contributed by atoms with Gasteiger partial charge in [-0.3, -0.25) is 4.79 Å². The number of nitrogens with zero attached hydrogens (tertiary/aromatic N) is 3. The zero-order chi connectivity index (χ0) is 19.1. The summed E-state index contributed by atoms with van der Waals surface area (Å²) >= 11 is 1.42. The number of likely N-dealkylation sites (tertiary alicyclic amines) is 1. The van der Waals surface area contributed by atoms with Crippen LogP contribution in [0.3, 0.4) is 0 Å². The monoisotopic (exact) mass is 397 g/mol. The fourth-order valence-corrected chi connectivity index (χ4v) is 5.60. The van der Waals surface area contributed by atoms with Crippen molar-refractivity contribution in [3.8, 4) is 0 Å². The van der Waals surface area contributed by atoms with Gasteiger partial charge in [0.15, 0.2) is 0 Å². The van der Waals surface area contributed by atoms with Crippen LogP contribution in [0.1, 0.15) is 41.5 Å². The summed E-state index contributed by atoms with van der Waals surface area (Å²) in [5.74, 6) is 0.321. The van der Waals surface area contributed by atoms with Crippen molar-refractivity contribution in [3.05, 3.63) is 46.0 Å². The number of benzene rings is 1. The first-order valence-corrected chi connectivity index (χ1v) is 11.1. The molecule has 0 atom stereocenters. The highest BCUT2D eigenvalue weighted by Crippen LogP contribution is 2.43. The summed E-state index contributed by atoms with van der Waals surface area (Å²) in [5.41, 5.74) is 6.44. The summed E-state index contributed by atoms with van der Waals surface area (Å²) in [7, 11) is 0. The van der Waals surface area contributed by atoms with Crippen molar-refractivity contribution in [2.24, 2.45) is 5.41 Å². The van der Waals surface area contributed by atoms with Crippen LogP contribution in [0.15, 0.2) is 23.7 Å². The number of hydrogen-bond donors (Lipinski definition) is 0. The molecule has 3 aliphatic heterocycles. The SMILES string of the molecule is Cc1c(CCN2CCC3(CC2)CCN(c2cnsc2)C3=O)ccc2c1COC2. The molecule has 0 unspecified atom stereocenters. The minimum Gasteiger partial charge on any atom is -0.372 e. The molecule has 0 N–H and O–H groups in total. The van der Waals surface area contributed by atoms with Gasteiger partial charge in [-0.1, -0.05) is 12.1 Å². The number of rotatable bonds is 4. The Kier molecular flexibility index (Phi) is 4.73. The maximum atomic E-state index is 13.1. The van der Waals surface area contributed by atoms with Gasteiger partial charge in [0.1, 0.15) is 0 Å². The van der Waals surface area contributed by atoms with Gasteiger partial charge in [-0.25, -0.2) is 0 Å². The summed E-state index contributed by atoms with van der Waals surface area (Å²) in [6, 6.07) is 4.52. The molecular weight excluding hydrogens is 370 g/mol. The largest absolute Gasteiger partial charge is 0.372 e. The van der Waals surface area contributed by atoms with E-state index in [-0.39, 0.29) is 5.41 Å². The van der Waals surface area contributed by atoms with Crippen molar-refractivity contribution in [1.29, 1.82) is 0 Å². The normalized spacial score (nSPS) is 21.6. The number of ether oxygens (including phenoxy) is 1. The summed E-state index contributed by atoms with van der Waals surface area (Å²) in [6.45, 7) is 7.72. The standard InChI is InChI=1S/C22H27N3O2S/c1-16-17(2-3-18-13-27-14-20(16)18)4-8-24-9-5-22(6-10-24)7-11-25(21(22)26)19-12-23-28-15-19/h2-3,12,15H,4-11,13-14H2,1H3. The Labute approximate surface area is 170 Å². The molecule has 0 radical (unpaired) electrons. The number of carbonyl (C=O) groups excluding carboxylic acids is 1. The number of aromatic nitrogens is 1. The number of hydrogen-bond acceptors (Lipinski definition) is 5. The Morgan fingerprint density at radius 1 is 1.18 bits per heavy atom. The molecule has 4 heterocycles. The maximum Gasteiger partial charge on any atom is 0.233 e. The molecule has 2 aromatic rings. The van der Waals surface area contributed by atoms with Gasteiger partial charge >= 0.3 is 0 Å². The number of piperidine rings is 1. The second-order valence-corrected chi connectivity index (χ2v) is 9.10. The molecule has 0 saturated carbocycles. The van der Waals surface area contributed by atoms with Gasteiger partial charge in [-0.2, -0.15) is 4.37 Å². The summed E-state index contributed by atoms with van der Waals surface area (Å²) in [4.78, 5) is 17.6. The molecular formula is C22H27N3O2S. The van der Waals surface area contributed by atoms with Crippen molar-refractivity contribution in [1.82, 2.24) is 9.27 Å². The Hall–Kier alpha value is -1.76. The van der Waals surface area contributed by atoms with E-state index in [1.807, 2.05) is 16.5 Å². The first kappa shape index (κ1) is 18.3. The Morgan fingerprint density at radius 3 is 2.79 bits per heavy atom. The number of amides is 1. The van der Waals surface area contributed by atoms with Crippen LogP contribution in [-0.2, 0) is 29.2 Å². The highest BCUT2D eigenvalue weighted by atomic mass is 32.1. The van der Waals surface area contributed by atoms with Crippen LogP contribution in [0.2, 0.25) is 0 Å². The molecule has 5 rings (SSSR count). The van der Waals surface area contributed by atoms with E-state index in [1.54, 1.807) is 0 Å². The molecule has 6 heteroatoms. The van der Waals surface area contributed by atoms with Gasteiger partial charge in [0, 0.05) is 18.5 Å². The zero-order valence-corrected chi connectivity index (χ0v) is 17.3. The van der Waals surface area contributed by atoms with Crippen LogP contribution in [0, 0.1) is 12.3 Å². The third-order valence-corrected chi connectivity index (χ3v) is 7.64. The molecule has 1 spiro atoms. The summed E-state index contributed by atoms with van der Waals surface area (Å²) in [6.07, 6.45) is 5.85. The van der Waals surface area contributed by atoms with Gasteiger partial charge in [0.25, 0.3) is 0 Å². The third-order valence-electron chi connectivity index (χ3n) is 7.07. The molecule has 3 aliphatic rings. The molecule has 2 saturated heterocycles. The molecule has 0 aliphatic carbocycles. The molecule has 0 bridgehead atoms. The van der Waals surface area contributed by atoms with E-state index in [2.05, 4.69) is 28.3 Å². The van der Waals surface area contributed by atoms with Crippen molar-refractivity contribution in [2.45, 2.75) is 45.8 Å². The predicted octanol–water partition coefficient (Wildman–Crippen LogP) is 3.54. The van der Waals surface area contributed by atoms with Crippen LogP contribution in [0.5, 0.6) is 0 Å². The van der Waals surface area contributed by atoms with Crippen LogP contribution in [0.4, 0.5) is 5.69 Å². The summed E-state index contributed by atoms with van der Waals surface area (Å²) < 4.78 is 9.75. The molecule has 1 amide bonds. The first-order valence-electron chi connectivity index (χ1n) is 10.3. The lowest BCUT2D eigenvalue weighted by Crippen LogP contribution is -2.45. The fourth-order valence-electron chi connectivity index (χ4n) is 5.08. The van der Waals surface area contributed by atoms with Gasteiger partial charge in [0.2, 0.25) is 5.91 Å². The zero-order valence-electron chi connectivity index (χ0n) is 16.4. The summed E-state index contributed by atoms with van der Waals surface area (Å²) in [5, 5.41) is 1.98. The lowest BCUT2D eigenvalue weighted by atomic mass is 9.77. The second kappa shape index (κ2) is 7.25. The first-order chi connectivity index (χ1) is 13.7. The van der Waals surface area contributed by atoms with Crippen LogP contribution < -0.4 is 4.90 Å². The van der Waals surface area contributed by atoms with E-state index in [4.69, 9.17) is 4.74 Å². The average molecular weight is 398 g/mol. The van der Waals surface area contributed by atoms with Crippen molar-refractivity contribution in [3.63, 3.8) is 0 Å². The van der Waals surface area contributed by atoms with Gasteiger partial charge in [-0.15, -0.1) is 0 Å². The molecule has 1 aromatic heterocycles. The Balaban J connectivity index is 1.19. The third kappa shape index (κ3) is 3.08. The highest BCUT2D eigenvalue weighted by molar-refractivity contribution is 7.04. The molecule has 28 heavy (non-hydrogen) atoms. The van der Waals surface area contributed by atoms with E-state index >= 15 is 0 Å².